The van der Waals surface area contributed by atoms with E-state index in [4.69, 9.17) is 10.5 Å². The van der Waals surface area contributed by atoms with E-state index in [2.05, 4.69) is 10.4 Å². The largest absolute Gasteiger partial charge is 0.490 e. The second-order valence-electron chi connectivity index (χ2n) is 5.06. The van der Waals surface area contributed by atoms with Crippen molar-refractivity contribution >= 4 is 5.91 Å². The molecule has 0 bridgehead atoms. The van der Waals surface area contributed by atoms with Crippen LogP contribution in [0, 0.1) is 0 Å². The van der Waals surface area contributed by atoms with Crippen LogP contribution in [-0.4, -0.2) is 34.4 Å². The van der Waals surface area contributed by atoms with Gasteiger partial charge in [0.05, 0.1) is 6.20 Å². The molecular weight excluding hydrogens is 272 g/mol. The zero-order chi connectivity index (χ0) is 15.8. The molecule has 0 aromatic carbocycles. The minimum atomic E-state index is -0.378. The highest BCUT2D eigenvalue weighted by Gasteiger charge is 2.11. The summed E-state index contributed by atoms with van der Waals surface area (Å²) in [7, 11) is 0. The third-order valence-corrected chi connectivity index (χ3v) is 3.00. The van der Waals surface area contributed by atoms with Crippen molar-refractivity contribution in [2.24, 2.45) is 5.73 Å². The first kappa shape index (κ1) is 17.2. The fraction of sp³-hybridized carbons (Fsp3) is 0.643. The fourth-order valence-corrected chi connectivity index (χ4v) is 1.74. The van der Waals surface area contributed by atoms with Crippen molar-refractivity contribution in [2.45, 2.75) is 52.2 Å². The Hall–Kier alpha value is -1.89. The zero-order valence-electron chi connectivity index (χ0n) is 12.8. The molecule has 0 aliphatic rings. The summed E-state index contributed by atoms with van der Waals surface area (Å²) in [6.45, 7) is 6.02. The lowest BCUT2D eigenvalue weighted by Crippen LogP contribution is -2.38. The molecule has 0 aliphatic carbocycles. The molecule has 0 spiro atoms. The molecule has 0 saturated heterocycles. The van der Waals surface area contributed by atoms with Gasteiger partial charge in [-0.05, 0) is 19.8 Å². The van der Waals surface area contributed by atoms with Gasteiger partial charge in [0.2, 0.25) is 5.91 Å². The lowest BCUT2D eigenvalue weighted by atomic mass is 10.2. The topological polar surface area (TPSA) is 99.2 Å². The van der Waals surface area contributed by atoms with Gasteiger partial charge < -0.3 is 15.8 Å². The van der Waals surface area contributed by atoms with Gasteiger partial charge in [0.15, 0.2) is 0 Å². The second kappa shape index (κ2) is 8.41. The Kier molecular flexibility index (Phi) is 6.87. The van der Waals surface area contributed by atoms with E-state index in [0.717, 1.165) is 17.5 Å². The van der Waals surface area contributed by atoms with Gasteiger partial charge in [-0.2, -0.15) is 5.10 Å². The molecule has 21 heavy (non-hydrogen) atoms. The number of aromatic nitrogens is 2. The first-order valence-electron chi connectivity index (χ1n) is 7.21. The number of nitrogens with two attached hydrogens (primary N) is 1. The van der Waals surface area contributed by atoms with Crippen molar-refractivity contribution in [3.8, 4) is 5.75 Å². The normalized spacial score (nSPS) is 12.2. The van der Waals surface area contributed by atoms with Gasteiger partial charge in [-0.1, -0.05) is 13.8 Å². The molecule has 0 radical (unpaired) electrons. The van der Waals surface area contributed by atoms with E-state index >= 15 is 0 Å². The fourth-order valence-electron chi connectivity index (χ4n) is 1.74. The smallest absolute Gasteiger partial charge is 0.270 e. The maximum Gasteiger partial charge on any atom is 0.270 e. The molecule has 1 atom stereocenters. The van der Waals surface area contributed by atoms with Gasteiger partial charge in [0, 0.05) is 18.2 Å². The van der Waals surface area contributed by atoms with Crippen LogP contribution in [-0.2, 0) is 11.3 Å². The van der Waals surface area contributed by atoms with Crippen LogP contribution < -0.4 is 21.3 Å². The SMILES string of the molecule is CCC(CC)NC(=O)Cn1ncc(OCC(C)N)cc1=O. The third kappa shape index (κ3) is 5.95. The number of carbonyl (C=O) groups excluding carboxylic acids is 1. The summed E-state index contributed by atoms with van der Waals surface area (Å²) < 4.78 is 6.41. The van der Waals surface area contributed by atoms with E-state index in [9.17, 15) is 9.59 Å². The lowest BCUT2D eigenvalue weighted by molar-refractivity contribution is -0.122. The summed E-state index contributed by atoms with van der Waals surface area (Å²) in [6, 6.07) is 1.31. The molecule has 0 saturated carbocycles. The molecule has 1 aromatic rings. The van der Waals surface area contributed by atoms with Crippen LogP contribution in [0.5, 0.6) is 5.75 Å². The number of hydrogen-bond acceptors (Lipinski definition) is 5. The third-order valence-electron chi connectivity index (χ3n) is 3.00. The molecule has 1 rings (SSSR count). The maximum absolute atomic E-state index is 11.9. The van der Waals surface area contributed by atoms with Crippen molar-refractivity contribution in [1.29, 1.82) is 0 Å². The second-order valence-corrected chi connectivity index (χ2v) is 5.06. The maximum atomic E-state index is 11.9. The average Bonchev–Trinajstić information content (AvgIpc) is 2.45. The summed E-state index contributed by atoms with van der Waals surface area (Å²) in [6.07, 6.45) is 3.12. The van der Waals surface area contributed by atoms with E-state index in [1.807, 2.05) is 13.8 Å². The van der Waals surface area contributed by atoms with E-state index < -0.39 is 0 Å². The van der Waals surface area contributed by atoms with Crippen LogP contribution in [0.2, 0.25) is 0 Å². The summed E-state index contributed by atoms with van der Waals surface area (Å²) in [4.78, 5) is 23.7. The molecule has 7 nitrogen and oxygen atoms in total. The van der Waals surface area contributed by atoms with Crippen LogP contribution in [0.25, 0.3) is 0 Å². The van der Waals surface area contributed by atoms with Crippen LogP contribution in [0.15, 0.2) is 17.1 Å². The quantitative estimate of drug-likeness (QED) is 0.717. The molecule has 7 heteroatoms. The summed E-state index contributed by atoms with van der Waals surface area (Å²) in [5, 5.41) is 6.79. The van der Waals surface area contributed by atoms with Crippen molar-refractivity contribution in [3.05, 3.63) is 22.6 Å². The van der Waals surface area contributed by atoms with Crippen molar-refractivity contribution in [2.75, 3.05) is 6.61 Å². The van der Waals surface area contributed by atoms with E-state index in [0.29, 0.717) is 12.4 Å². The van der Waals surface area contributed by atoms with Gasteiger partial charge in [-0.25, -0.2) is 4.68 Å². The molecule has 118 valence electrons. The van der Waals surface area contributed by atoms with Crippen molar-refractivity contribution in [1.82, 2.24) is 15.1 Å². The van der Waals surface area contributed by atoms with Crippen LogP contribution >= 0.6 is 0 Å². The zero-order valence-corrected chi connectivity index (χ0v) is 12.8. The molecule has 1 amide bonds. The molecule has 3 N–H and O–H groups in total. The highest BCUT2D eigenvalue weighted by Crippen LogP contribution is 2.03. The highest BCUT2D eigenvalue weighted by atomic mass is 16.5. The van der Waals surface area contributed by atoms with Gasteiger partial charge >= 0.3 is 0 Å². The molecule has 1 heterocycles. The Balaban J connectivity index is 2.64. The molecule has 0 fully saturated rings. The van der Waals surface area contributed by atoms with Gasteiger partial charge in [0.1, 0.15) is 18.9 Å². The molecule has 1 unspecified atom stereocenters. The minimum Gasteiger partial charge on any atom is -0.490 e. The number of nitrogens with zero attached hydrogens (tertiary/aromatic N) is 2. The van der Waals surface area contributed by atoms with Gasteiger partial charge in [-0.15, -0.1) is 0 Å². The first-order valence-corrected chi connectivity index (χ1v) is 7.21. The Bertz CT molecular complexity index is 509. The number of nitrogens with one attached hydrogen (secondary N) is 1. The summed E-state index contributed by atoms with van der Waals surface area (Å²) >= 11 is 0. The number of rotatable bonds is 8. The molecule has 0 aliphatic heterocycles. The Morgan fingerprint density at radius 2 is 2.14 bits per heavy atom. The predicted molar refractivity (Wildman–Crippen MR) is 80.2 cm³/mol. The number of carbonyl (C=O) groups is 1. The Labute approximate surface area is 124 Å². The van der Waals surface area contributed by atoms with Crippen LogP contribution in [0.3, 0.4) is 0 Å². The Morgan fingerprint density at radius 3 is 2.67 bits per heavy atom. The van der Waals surface area contributed by atoms with Gasteiger partial charge in [-0.3, -0.25) is 9.59 Å². The highest BCUT2D eigenvalue weighted by molar-refractivity contribution is 5.75. The Morgan fingerprint density at radius 1 is 1.48 bits per heavy atom. The van der Waals surface area contributed by atoms with Crippen LogP contribution in [0.4, 0.5) is 0 Å². The van der Waals surface area contributed by atoms with Crippen LogP contribution in [0.1, 0.15) is 33.6 Å². The standard InChI is InChI=1S/C14H24N4O3/c1-4-11(5-2)17-13(19)8-18-14(20)6-12(7-16-18)21-9-10(3)15/h6-7,10-11H,4-5,8-9,15H2,1-3H3,(H,17,19). The number of amides is 1. The first-order chi connectivity index (χ1) is 9.96. The molecular formula is C14H24N4O3. The summed E-state index contributed by atoms with van der Waals surface area (Å²) in [5.41, 5.74) is 5.19. The summed E-state index contributed by atoms with van der Waals surface area (Å²) in [5.74, 6) is 0.136. The van der Waals surface area contributed by atoms with Crippen molar-refractivity contribution < 1.29 is 9.53 Å². The lowest BCUT2D eigenvalue weighted by Gasteiger charge is -2.15. The monoisotopic (exact) mass is 296 g/mol. The number of ether oxygens (including phenoxy) is 1. The van der Waals surface area contributed by atoms with Crippen molar-refractivity contribution in [3.63, 3.8) is 0 Å². The molecule has 1 aromatic heterocycles. The van der Waals surface area contributed by atoms with Gasteiger partial charge in [0.25, 0.3) is 5.56 Å². The average molecular weight is 296 g/mol. The number of hydrogen-bond donors (Lipinski definition) is 2. The predicted octanol–water partition coefficient (Wildman–Crippen LogP) is 0.274. The van der Waals surface area contributed by atoms with E-state index in [1.165, 1.54) is 12.3 Å². The van der Waals surface area contributed by atoms with E-state index in [1.54, 1.807) is 6.92 Å². The van der Waals surface area contributed by atoms with E-state index in [-0.39, 0.29) is 30.1 Å². The minimum absolute atomic E-state index is 0.0943.